The first-order valence-electron chi connectivity index (χ1n) is 6.22. The van der Waals surface area contributed by atoms with Crippen molar-refractivity contribution in [2.24, 2.45) is 5.92 Å². The minimum Gasteiger partial charge on any atom is -0.393 e. The van der Waals surface area contributed by atoms with Gasteiger partial charge in [0.2, 0.25) is 5.82 Å². The van der Waals surface area contributed by atoms with Crippen molar-refractivity contribution in [2.75, 3.05) is 18.0 Å². The van der Waals surface area contributed by atoms with Crippen molar-refractivity contribution in [3.05, 3.63) is 27.4 Å². The largest absolute Gasteiger partial charge is 0.393 e. The summed E-state index contributed by atoms with van der Waals surface area (Å²) in [5.74, 6) is 0.450. The third-order valence-electron chi connectivity index (χ3n) is 3.45. The Morgan fingerprint density at radius 1 is 1.68 bits per heavy atom. The number of aliphatic hydroxyl groups is 1. The van der Waals surface area contributed by atoms with Gasteiger partial charge in [-0.15, -0.1) is 0 Å². The fraction of sp³-hybridized carbons (Fsp3) is 0.583. The molecular weight excluding hydrogens is 270 g/mol. The van der Waals surface area contributed by atoms with Crippen molar-refractivity contribution in [2.45, 2.75) is 25.9 Å². The van der Waals surface area contributed by atoms with Gasteiger partial charge in [0.15, 0.2) is 0 Å². The van der Waals surface area contributed by atoms with E-state index in [1.807, 2.05) is 4.90 Å². The molecule has 0 saturated carbocycles. The van der Waals surface area contributed by atoms with Gasteiger partial charge < -0.3 is 10.0 Å². The molecule has 1 aromatic heterocycles. The zero-order chi connectivity index (χ0) is 14.0. The Morgan fingerprint density at radius 2 is 2.42 bits per heavy atom. The number of anilines is 1. The van der Waals surface area contributed by atoms with Gasteiger partial charge in [-0.1, -0.05) is 11.6 Å². The second-order valence-corrected chi connectivity index (χ2v) is 5.28. The molecule has 0 bridgehead atoms. The first kappa shape index (κ1) is 14.0. The molecule has 1 fully saturated rings. The molecule has 1 aliphatic heterocycles. The number of pyridine rings is 1. The van der Waals surface area contributed by atoms with Gasteiger partial charge in [0.25, 0.3) is 0 Å². The van der Waals surface area contributed by atoms with Crippen LogP contribution in [-0.4, -0.2) is 34.2 Å². The predicted octanol–water partition coefficient (Wildman–Crippen LogP) is 2.24. The molecule has 1 saturated heterocycles. The Bertz CT molecular complexity index is 481. The van der Waals surface area contributed by atoms with E-state index in [1.54, 1.807) is 6.92 Å². The summed E-state index contributed by atoms with van der Waals surface area (Å²) in [5.41, 5.74) is -0.0845. The molecule has 0 spiro atoms. The van der Waals surface area contributed by atoms with Crippen molar-refractivity contribution in [1.82, 2.24) is 4.98 Å². The Balaban J connectivity index is 2.28. The van der Waals surface area contributed by atoms with Crippen LogP contribution in [0.4, 0.5) is 11.5 Å². The van der Waals surface area contributed by atoms with Crippen molar-refractivity contribution >= 4 is 23.1 Å². The van der Waals surface area contributed by atoms with Crippen LogP contribution < -0.4 is 4.90 Å². The molecule has 6 nitrogen and oxygen atoms in total. The zero-order valence-corrected chi connectivity index (χ0v) is 11.4. The average Bonchev–Trinajstić information content (AvgIpc) is 2.38. The normalized spacial score (nSPS) is 21.2. The second-order valence-electron chi connectivity index (χ2n) is 4.84. The van der Waals surface area contributed by atoms with Crippen LogP contribution >= 0.6 is 11.6 Å². The molecule has 2 rings (SSSR count). The van der Waals surface area contributed by atoms with Crippen LogP contribution in [0.1, 0.15) is 19.8 Å². The van der Waals surface area contributed by atoms with E-state index < -0.39 is 11.0 Å². The van der Waals surface area contributed by atoms with Crippen molar-refractivity contribution in [3.63, 3.8) is 0 Å². The van der Waals surface area contributed by atoms with Gasteiger partial charge in [-0.2, -0.15) is 0 Å². The van der Waals surface area contributed by atoms with Crippen LogP contribution in [0.15, 0.2) is 12.3 Å². The Hall–Kier alpha value is -1.40. The van der Waals surface area contributed by atoms with Gasteiger partial charge in [-0.3, -0.25) is 10.1 Å². The summed E-state index contributed by atoms with van der Waals surface area (Å²) >= 11 is 5.75. The van der Waals surface area contributed by atoms with Gasteiger partial charge in [0, 0.05) is 31.3 Å². The molecule has 0 radical (unpaired) electrons. The van der Waals surface area contributed by atoms with Crippen LogP contribution in [0.3, 0.4) is 0 Å². The summed E-state index contributed by atoms with van der Waals surface area (Å²) < 4.78 is 0. The number of rotatable bonds is 3. The monoisotopic (exact) mass is 285 g/mol. The Labute approximate surface area is 116 Å². The maximum atomic E-state index is 11.1. The molecule has 0 aliphatic carbocycles. The quantitative estimate of drug-likeness (QED) is 0.680. The third-order valence-corrected chi connectivity index (χ3v) is 3.66. The lowest BCUT2D eigenvalue weighted by Crippen LogP contribution is -2.40. The smallest absolute Gasteiger partial charge is 0.313 e. The SMILES string of the molecule is CC(O)C1CCCN(c2ncc(Cl)cc2[N+](=O)[O-])C1. The summed E-state index contributed by atoms with van der Waals surface area (Å²) in [6, 6.07) is 1.32. The van der Waals surface area contributed by atoms with E-state index >= 15 is 0 Å². The van der Waals surface area contributed by atoms with Crippen LogP contribution in [-0.2, 0) is 0 Å². The van der Waals surface area contributed by atoms with Crippen molar-refractivity contribution in [1.29, 1.82) is 0 Å². The molecule has 2 heterocycles. The van der Waals surface area contributed by atoms with Gasteiger partial charge in [0.1, 0.15) is 0 Å². The van der Waals surface area contributed by atoms with Gasteiger partial charge >= 0.3 is 5.69 Å². The number of nitro groups is 1. The molecule has 19 heavy (non-hydrogen) atoms. The minimum absolute atomic E-state index is 0.0845. The van der Waals surface area contributed by atoms with E-state index in [0.29, 0.717) is 18.9 Å². The Morgan fingerprint density at radius 3 is 3.05 bits per heavy atom. The van der Waals surface area contributed by atoms with E-state index in [1.165, 1.54) is 12.3 Å². The summed E-state index contributed by atoms with van der Waals surface area (Å²) in [6.07, 6.45) is 2.80. The average molecular weight is 286 g/mol. The van der Waals surface area contributed by atoms with Crippen LogP contribution in [0, 0.1) is 16.0 Å². The van der Waals surface area contributed by atoms with E-state index in [9.17, 15) is 15.2 Å². The molecule has 1 aliphatic rings. The van der Waals surface area contributed by atoms with E-state index in [4.69, 9.17) is 11.6 Å². The first-order valence-corrected chi connectivity index (χ1v) is 6.59. The molecule has 1 aromatic rings. The van der Waals surface area contributed by atoms with Gasteiger partial charge in [-0.05, 0) is 19.8 Å². The molecule has 2 atom stereocenters. The third kappa shape index (κ3) is 3.13. The number of hydrogen-bond acceptors (Lipinski definition) is 5. The van der Waals surface area contributed by atoms with Crippen LogP contribution in [0.25, 0.3) is 0 Å². The van der Waals surface area contributed by atoms with Crippen molar-refractivity contribution < 1.29 is 10.0 Å². The lowest BCUT2D eigenvalue weighted by atomic mass is 9.93. The summed E-state index contributed by atoms with van der Waals surface area (Å²) in [4.78, 5) is 16.5. The van der Waals surface area contributed by atoms with Crippen molar-refractivity contribution in [3.8, 4) is 0 Å². The summed E-state index contributed by atoms with van der Waals surface area (Å²) in [7, 11) is 0. The highest BCUT2D eigenvalue weighted by atomic mass is 35.5. The molecule has 104 valence electrons. The maximum Gasteiger partial charge on any atom is 0.313 e. The molecule has 2 unspecified atom stereocenters. The molecule has 1 N–H and O–H groups in total. The van der Waals surface area contributed by atoms with E-state index in [0.717, 1.165) is 12.8 Å². The zero-order valence-electron chi connectivity index (χ0n) is 10.6. The number of aliphatic hydroxyl groups excluding tert-OH is 1. The van der Waals surface area contributed by atoms with Gasteiger partial charge in [-0.25, -0.2) is 4.98 Å². The lowest BCUT2D eigenvalue weighted by molar-refractivity contribution is -0.384. The van der Waals surface area contributed by atoms with Crippen LogP contribution in [0.5, 0.6) is 0 Å². The number of nitrogens with zero attached hydrogens (tertiary/aromatic N) is 3. The lowest BCUT2D eigenvalue weighted by Gasteiger charge is -2.34. The highest BCUT2D eigenvalue weighted by Gasteiger charge is 2.28. The highest BCUT2D eigenvalue weighted by molar-refractivity contribution is 6.30. The molecule has 0 aromatic carbocycles. The predicted molar refractivity (Wildman–Crippen MR) is 72.5 cm³/mol. The molecular formula is C12H16ClN3O3. The summed E-state index contributed by atoms with van der Waals surface area (Å²) in [6.45, 7) is 3.03. The van der Waals surface area contributed by atoms with Crippen LogP contribution in [0.2, 0.25) is 5.02 Å². The summed E-state index contributed by atoms with van der Waals surface area (Å²) in [5, 5.41) is 21.0. The second kappa shape index (κ2) is 5.71. The fourth-order valence-corrected chi connectivity index (χ4v) is 2.55. The Kier molecular flexibility index (Phi) is 4.21. The van der Waals surface area contributed by atoms with Gasteiger partial charge in [0.05, 0.1) is 16.0 Å². The fourth-order valence-electron chi connectivity index (χ4n) is 2.40. The molecule has 7 heteroatoms. The topological polar surface area (TPSA) is 79.5 Å². The number of hydrogen-bond donors (Lipinski definition) is 1. The van der Waals surface area contributed by atoms with E-state index in [-0.39, 0.29) is 16.6 Å². The number of halogens is 1. The maximum absolute atomic E-state index is 11.1. The number of piperidine rings is 1. The first-order chi connectivity index (χ1) is 8.99. The van der Waals surface area contributed by atoms with E-state index in [2.05, 4.69) is 4.98 Å². The minimum atomic E-state index is -0.472. The standard InChI is InChI=1S/C12H16ClN3O3/c1-8(17)9-3-2-4-15(7-9)12-11(16(18)19)5-10(13)6-14-12/h5-6,8-9,17H,2-4,7H2,1H3. The molecule has 0 amide bonds. The highest BCUT2D eigenvalue weighted by Crippen LogP contribution is 2.32. The number of aromatic nitrogens is 1.